The lowest BCUT2D eigenvalue weighted by Gasteiger charge is -2.27. The summed E-state index contributed by atoms with van der Waals surface area (Å²) in [5.41, 5.74) is 1.32. The van der Waals surface area contributed by atoms with Crippen LogP contribution in [-0.2, 0) is 16.1 Å². The van der Waals surface area contributed by atoms with Crippen molar-refractivity contribution in [3.05, 3.63) is 82.1 Å². The van der Waals surface area contributed by atoms with Gasteiger partial charge in [-0.3, -0.25) is 14.4 Å². The average Bonchev–Trinajstić information content (AvgIpc) is 3.36. The lowest BCUT2D eigenvalue weighted by atomic mass is 10.0. The first-order valence-corrected chi connectivity index (χ1v) is 15.1. The molecule has 1 aliphatic rings. The molecule has 3 aromatic rings. The number of ether oxygens (including phenoxy) is 1. The fourth-order valence-corrected chi connectivity index (χ4v) is 5.61. The maximum Gasteiger partial charge on any atom is 0.254 e. The van der Waals surface area contributed by atoms with Gasteiger partial charge >= 0.3 is 0 Å². The first-order chi connectivity index (χ1) is 20.2. The van der Waals surface area contributed by atoms with Gasteiger partial charge in [0.1, 0.15) is 0 Å². The van der Waals surface area contributed by atoms with E-state index < -0.39 is 6.04 Å². The molecule has 13 heteroatoms. The van der Waals surface area contributed by atoms with E-state index in [1.165, 1.54) is 17.8 Å². The Labute approximate surface area is 258 Å². The summed E-state index contributed by atoms with van der Waals surface area (Å²) >= 11 is 13.4. The Morgan fingerprint density at radius 2 is 1.88 bits per heavy atom. The van der Waals surface area contributed by atoms with Crippen LogP contribution in [0.4, 0.5) is 5.69 Å². The van der Waals surface area contributed by atoms with E-state index in [-0.39, 0.29) is 34.4 Å². The van der Waals surface area contributed by atoms with Crippen LogP contribution >= 0.6 is 35.0 Å². The summed E-state index contributed by atoms with van der Waals surface area (Å²) in [6, 6.07) is 11.1. The molecule has 1 aliphatic heterocycles. The third-order valence-electron chi connectivity index (χ3n) is 6.49. The van der Waals surface area contributed by atoms with E-state index in [2.05, 4.69) is 27.4 Å². The van der Waals surface area contributed by atoms with Crippen LogP contribution in [-0.4, -0.2) is 69.4 Å². The Balaban J connectivity index is 1.43. The van der Waals surface area contributed by atoms with Crippen LogP contribution in [0.2, 0.25) is 10.0 Å². The number of benzene rings is 2. The molecule has 0 unspecified atom stereocenters. The van der Waals surface area contributed by atoms with Crippen molar-refractivity contribution in [1.29, 1.82) is 0 Å². The number of nitrogens with zero attached hydrogens (tertiary/aromatic N) is 4. The number of carbonyl (C=O) groups excluding carboxylic acids is 3. The minimum atomic E-state index is -0.494. The molecule has 1 atom stereocenters. The number of hydrogen-bond donors (Lipinski definition) is 2. The van der Waals surface area contributed by atoms with Crippen LogP contribution in [0.1, 0.15) is 46.4 Å². The lowest BCUT2D eigenvalue weighted by Crippen LogP contribution is -2.40. The van der Waals surface area contributed by atoms with Crippen LogP contribution < -0.4 is 10.6 Å². The fourth-order valence-electron chi connectivity index (χ4n) is 4.37. The Bertz CT molecular complexity index is 1460. The number of rotatable bonds is 11. The monoisotopic (exact) mass is 630 g/mol. The van der Waals surface area contributed by atoms with Crippen molar-refractivity contribution >= 4 is 58.4 Å². The molecule has 1 aromatic heterocycles. The maximum atomic E-state index is 13.1. The van der Waals surface area contributed by atoms with Crippen molar-refractivity contribution < 1.29 is 19.1 Å². The van der Waals surface area contributed by atoms with E-state index in [9.17, 15) is 14.4 Å². The summed E-state index contributed by atoms with van der Waals surface area (Å²) in [7, 11) is 0. The van der Waals surface area contributed by atoms with E-state index in [1.54, 1.807) is 47.4 Å². The molecule has 2 aromatic carbocycles. The van der Waals surface area contributed by atoms with Crippen molar-refractivity contribution in [2.24, 2.45) is 5.92 Å². The summed E-state index contributed by atoms with van der Waals surface area (Å²) in [4.78, 5) is 40.5. The minimum absolute atomic E-state index is 0.0404. The van der Waals surface area contributed by atoms with Crippen molar-refractivity contribution in [2.75, 3.05) is 37.4 Å². The van der Waals surface area contributed by atoms with Crippen LogP contribution in [0.3, 0.4) is 0 Å². The zero-order valence-electron chi connectivity index (χ0n) is 23.3. The molecule has 222 valence electrons. The number of hydrogen-bond acceptors (Lipinski definition) is 7. The van der Waals surface area contributed by atoms with Crippen LogP contribution in [0.25, 0.3) is 0 Å². The largest absolute Gasteiger partial charge is 0.378 e. The second-order valence-corrected chi connectivity index (χ2v) is 11.7. The van der Waals surface area contributed by atoms with Crippen LogP contribution in [0, 0.1) is 5.92 Å². The molecule has 0 aliphatic carbocycles. The second kappa shape index (κ2) is 14.7. The zero-order chi connectivity index (χ0) is 30.2. The van der Waals surface area contributed by atoms with Gasteiger partial charge in [0, 0.05) is 35.9 Å². The molecule has 0 bridgehead atoms. The van der Waals surface area contributed by atoms with Gasteiger partial charge in [-0.2, -0.15) is 0 Å². The molecule has 2 heterocycles. The molecule has 42 heavy (non-hydrogen) atoms. The highest BCUT2D eigenvalue weighted by molar-refractivity contribution is 7.99. The first-order valence-electron chi connectivity index (χ1n) is 13.4. The molecule has 0 saturated carbocycles. The Hall–Kier alpha value is -3.38. The molecule has 1 fully saturated rings. The number of amides is 3. The first kappa shape index (κ1) is 31.6. The van der Waals surface area contributed by atoms with Gasteiger partial charge in [0.05, 0.1) is 35.6 Å². The number of allylic oxidation sites excluding steroid dienone is 1. The second-order valence-electron chi connectivity index (χ2n) is 9.88. The number of aromatic nitrogens is 3. The van der Waals surface area contributed by atoms with Gasteiger partial charge in [0.25, 0.3) is 11.8 Å². The molecular weight excluding hydrogens is 599 g/mol. The third-order valence-corrected chi connectivity index (χ3v) is 8.00. The molecular formula is C29H32Cl2N6O4S. The van der Waals surface area contributed by atoms with E-state index in [0.29, 0.717) is 65.7 Å². The van der Waals surface area contributed by atoms with Gasteiger partial charge in [-0.25, -0.2) is 0 Å². The quantitative estimate of drug-likeness (QED) is 0.223. The summed E-state index contributed by atoms with van der Waals surface area (Å²) < 4.78 is 7.14. The number of thioether (sulfide) groups is 1. The topological polar surface area (TPSA) is 118 Å². The molecule has 2 N–H and O–H groups in total. The van der Waals surface area contributed by atoms with Crippen molar-refractivity contribution in [1.82, 2.24) is 25.0 Å². The van der Waals surface area contributed by atoms with Gasteiger partial charge in [0.15, 0.2) is 11.0 Å². The SMILES string of the molecule is C=CCn1c(SCC(=O)Nc2cccc(C(=O)N3CCOCC3)c2)nnc1[C@@H](NC(=O)c1ccc(Cl)cc1Cl)C(C)C. The normalized spacial score (nSPS) is 14.0. The van der Waals surface area contributed by atoms with Crippen molar-refractivity contribution in [3.8, 4) is 0 Å². The number of morpholine rings is 1. The highest BCUT2D eigenvalue weighted by atomic mass is 35.5. The summed E-state index contributed by atoms with van der Waals surface area (Å²) in [6.07, 6.45) is 1.70. The Kier molecular flexibility index (Phi) is 11.0. The summed E-state index contributed by atoms with van der Waals surface area (Å²) in [5, 5.41) is 15.7. The van der Waals surface area contributed by atoms with Crippen LogP contribution in [0.15, 0.2) is 60.3 Å². The van der Waals surface area contributed by atoms with Gasteiger partial charge in [0.2, 0.25) is 5.91 Å². The van der Waals surface area contributed by atoms with E-state index in [0.717, 1.165) is 0 Å². The standard InChI is InChI=1S/C29H32Cl2N6O4S/c1-4-10-37-26(25(18(2)3)33-27(39)22-9-8-20(30)16-23(22)31)34-35-29(37)42-17-24(38)32-21-7-5-6-19(15-21)28(40)36-11-13-41-14-12-36/h4-9,15-16,18,25H,1,10-14,17H2,2-3H3,(H,32,38)(H,33,39)/t25-/m0/s1. The van der Waals surface area contributed by atoms with Gasteiger partial charge in [-0.15, -0.1) is 16.8 Å². The van der Waals surface area contributed by atoms with E-state index in [1.807, 2.05) is 18.4 Å². The fraction of sp³-hybridized carbons (Fsp3) is 0.345. The van der Waals surface area contributed by atoms with Crippen molar-refractivity contribution in [2.45, 2.75) is 31.6 Å². The van der Waals surface area contributed by atoms with E-state index >= 15 is 0 Å². The highest BCUT2D eigenvalue weighted by Crippen LogP contribution is 2.27. The van der Waals surface area contributed by atoms with Crippen molar-refractivity contribution in [3.63, 3.8) is 0 Å². The lowest BCUT2D eigenvalue weighted by molar-refractivity contribution is -0.113. The number of nitrogens with one attached hydrogen (secondary N) is 2. The number of anilines is 1. The smallest absolute Gasteiger partial charge is 0.254 e. The Morgan fingerprint density at radius 1 is 1.12 bits per heavy atom. The molecule has 4 rings (SSSR count). The zero-order valence-corrected chi connectivity index (χ0v) is 25.6. The number of halogens is 2. The summed E-state index contributed by atoms with van der Waals surface area (Å²) in [6.45, 7) is 10.2. The van der Waals surface area contributed by atoms with Gasteiger partial charge in [-0.05, 0) is 42.3 Å². The molecule has 1 saturated heterocycles. The van der Waals surface area contributed by atoms with Gasteiger partial charge < -0.3 is 24.8 Å². The third kappa shape index (κ3) is 7.91. The molecule has 0 spiro atoms. The highest BCUT2D eigenvalue weighted by Gasteiger charge is 2.27. The van der Waals surface area contributed by atoms with Gasteiger partial charge in [-0.1, -0.05) is 61.0 Å². The number of carbonyl (C=O) groups is 3. The Morgan fingerprint density at radius 3 is 2.57 bits per heavy atom. The molecule has 0 radical (unpaired) electrons. The predicted molar refractivity (Wildman–Crippen MR) is 164 cm³/mol. The predicted octanol–water partition coefficient (Wildman–Crippen LogP) is 5.10. The maximum absolute atomic E-state index is 13.1. The van der Waals surface area contributed by atoms with Crippen LogP contribution in [0.5, 0.6) is 0 Å². The average molecular weight is 632 g/mol. The van der Waals surface area contributed by atoms with E-state index in [4.69, 9.17) is 27.9 Å². The minimum Gasteiger partial charge on any atom is -0.378 e. The molecule has 3 amide bonds. The summed E-state index contributed by atoms with van der Waals surface area (Å²) in [5.74, 6) is -0.195. The molecule has 10 nitrogen and oxygen atoms in total.